The number of aliphatic hydroxyl groups excluding tert-OH is 1. The summed E-state index contributed by atoms with van der Waals surface area (Å²) in [4.78, 5) is 5.00. The maximum atomic E-state index is 11.0. The van der Waals surface area contributed by atoms with Crippen LogP contribution in [0.1, 0.15) is 45.0 Å². The topological polar surface area (TPSA) is 31.6 Å². The molecule has 4 heteroatoms. The molecule has 3 aromatic carbocycles. The van der Waals surface area contributed by atoms with Crippen LogP contribution < -0.4 is 0 Å². The van der Waals surface area contributed by atoms with Crippen LogP contribution in [0.2, 0.25) is 0 Å². The first-order chi connectivity index (χ1) is 16.3. The minimum absolute atomic E-state index is 0.0852. The summed E-state index contributed by atoms with van der Waals surface area (Å²) in [6.07, 6.45) is -0.561. The molecule has 0 saturated carbocycles. The Morgan fingerprint density at radius 2 is 1.29 bits per heavy atom. The van der Waals surface area contributed by atoms with Crippen LogP contribution in [0.3, 0.4) is 0 Å². The van der Waals surface area contributed by atoms with Crippen LogP contribution in [0.4, 0.5) is 0 Å². The van der Waals surface area contributed by atoms with Crippen molar-refractivity contribution in [2.24, 2.45) is 0 Å². The molecule has 0 bridgehead atoms. The van der Waals surface area contributed by atoms with E-state index in [9.17, 15) is 5.11 Å². The molecular formula is C30H37N3O. The zero-order chi connectivity index (χ0) is 23.9. The van der Waals surface area contributed by atoms with Gasteiger partial charge in [-0.15, -0.1) is 0 Å². The number of benzene rings is 3. The molecule has 4 aromatic rings. The smallest absolute Gasteiger partial charge is 0.113 e. The zero-order valence-electron chi connectivity index (χ0n) is 20.9. The summed E-state index contributed by atoms with van der Waals surface area (Å²) in [6, 6.07) is 26.3. The molecule has 2 atom stereocenters. The highest BCUT2D eigenvalue weighted by atomic mass is 16.3. The van der Waals surface area contributed by atoms with Gasteiger partial charge in [-0.05, 0) is 35.6 Å². The number of aliphatic hydroxyl groups is 1. The van der Waals surface area contributed by atoms with Gasteiger partial charge in [0.2, 0.25) is 0 Å². The minimum atomic E-state index is -0.476. The van der Waals surface area contributed by atoms with E-state index >= 15 is 0 Å². The van der Waals surface area contributed by atoms with Crippen molar-refractivity contribution in [1.82, 2.24) is 14.4 Å². The first-order valence-electron chi connectivity index (χ1n) is 12.5. The molecule has 1 aliphatic rings. The van der Waals surface area contributed by atoms with E-state index in [2.05, 4.69) is 108 Å². The Morgan fingerprint density at radius 3 is 1.79 bits per heavy atom. The molecule has 0 amide bonds. The number of hydrogen-bond acceptors (Lipinski definition) is 3. The predicted molar refractivity (Wildman–Crippen MR) is 142 cm³/mol. The molecule has 4 nitrogen and oxygen atoms in total. The highest BCUT2D eigenvalue weighted by Gasteiger charge is 2.30. The van der Waals surface area contributed by atoms with E-state index in [-0.39, 0.29) is 11.6 Å². The van der Waals surface area contributed by atoms with Gasteiger partial charge in [-0.2, -0.15) is 0 Å². The van der Waals surface area contributed by atoms with Gasteiger partial charge in [-0.3, -0.25) is 9.80 Å². The summed E-state index contributed by atoms with van der Waals surface area (Å²) < 4.78 is 2.36. The van der Waals surface area contributed by atoms with Crippen molar-refractivity contribution in [2.45, 2.75) is 51.9 Å². The van der Waals surface area contributed by atoms with Gasteiger partial charge in [-0.1, -0.05) is 81.4 Å². The quantitative estimate of drug-likeness (QED) is 0.413. The van der Waals surface area contributed by atoms with Crippen LogP contribution in [0.5, 0.6) is 0 Å². The van der Waals surface area contributed by atoms with Crippen LogP contribution in [-0.4, -0.2) is 51.8 Å². The van der Waals surface area contributed by atoms with E-state index in [1.165, 1.54) is 32.9 Å². The third-order valence-electron chi connectivity index (χ3n) is 7.32. The minimum Gasteiger partial charge on any atom is -0.390 e. The molecule has 5 rings (SSSR count). The fourth-order valence-corrected chi connectivity index (χ4v) is 5.48. The van der Waals surface area contributed by atoms with Gasteiger partial charge in [0.1, 0.15) is 6.17 Å². The Morgan fingerprint density at radius 1 is 0.765 bits per heavy atom. The Labute approximate surface area is 203 Å². The van der Waals surface area contributed by atoms with E-state index in [4.69, 9.17) is 0 Å². The Kier molecular flexibility index (Phi) is 6.24. The van der Waals surface area contributed by atoms with Gasteiger partial charge in [-0.25, -0.2) is 0 Å². The monoisotopic (exact) mass is 455 g/mol. The highest BCUT2D eigenvalue weighted by Crippen LogP contribution is 2.34. The van der Waals surface area contributed by atoms with Crippen molar-refractivity contribution in [2.75, 3.05) is 26.2 Å². The fraction of sp³-hybridized carbons (Fsp3) is 0.400. The van der Waals surface area contributed by atoms with E-state index in [1.54, 1.807) is 0 Å². The maximum Gasteiger partial charge on any atom is 0.113 e. The summed E-state index contributed by atoms with van der Waals surface area (Å²) in [7, 11) is 0. The van der Waals surface area contributed by atoms with Gasteiger partial charge < -0.3 is 9.67 Å². The highest BCUT2D eigenvalue weighted by molar-refractivity contribution is 6.08. The summed E-state index contributed by atoms with van der Waals surface area (Å²) in [5, 5.41) is 13.5. The summed E-state index contributed by atoms with van der Waals surface area (Å²) in [5.74, 6) is 0. The second kappa shape index (κ2) is 9.18. The number of para-hydroxylation sites is 2. The number of piperazine rings is 1. The van der Waals surface area contributed by atoms with Crippen LogP contribution in [0.15, 0.2) is 72.8 Å². The lowest BCUT2D eigenvalue weighted by molar-refractivity contribution is -0.00679. The van der Waals surface area contributed by atoms with Gasteiger partial charge in [0.05, 0.1) is 17.1 Å². The Balaban J connectivity index is 1.35. The number of nitrogens with zero attached hydrogens (tertiary/aromatic N) is 3. The molecular weight excluding hydrogens is 418 g/mol. The second-order valence-electron chi connectivity index (χ2n) is 10.8. The van der Waals surface area contributed by atoms with Crippen molar-refractivity contribution < 1.29 is 5.11 Å². The third-order valence-corrected chi connectivity index (χ3v) is 7.32. The van der Waals surface area contributed by atoms with Crippen molar-refractivity contribution in [3.63, 3.8) is 0 Å². The van der Waals surface area contributed by atoms with E-state index in [1.807, 2.05) is 6.92 Å². The average Bonchev–Trinajstić information content (AvgIpc) is 3.14. The average molecular weight is 456 g/mol. The number of hydrogen-bond donors (Lipinski definition) is 1. The van der Waals surface area contributed by atoms with Crippen molar-refractivity contribution in [3.05, 3.63) is 83.9 Å². The number of rotatable bonds is 5. The molecule has 34 heavy (non-hydrogen) atoms. The molecule has 1 aromatic heterocycles. The van der Waals surface area contributed by atoms with Crippen molar-refractivity contribution >= 4 is 21.8 Å². The van der Waals surface area contributed by atoms with Crippen LogP contribution >= 0.6 is 0 Å². The summed E-state index contributed by atoms with van der Waals surface area (Å²) in [6.45, 7) is 13.6. The lowest BCUT2D eigenvalue weighted by Crippen LogP contribution is -2.50. The lowest BCUT2D eigenvalue weighted by atomic mass is 9.87. The summed E-state index contributed by atoms with van der Waals surface area (Å²) >= 11 is 0. The molecule has 178 valence electrons. The molecule has 1 saturated heterocycles. The third kappa shape index (κ3) is 4.38. The largest absolute Gasteiger partial charge is 0.390 e. The lowest BCUT2D eigenvalue weighted by Gasteiger charge is -2.41. The molecule has 1 aliphatic heterocycles. The molecule has 2 heterocycles. The molecule has 0 radical (unpaired) electrons. The standard InChI is InChI=1S/C30H37N3O/c1-22(34)29(33-27-11-7-5-9-25(27)26-10-6-8-12-28(26)33)32-19-17-31(18-20-32)21-23-13-15-24(16-14-23)30(2,3)4/h5-16,22,29,34H,17-21H2,1-4H3. The van der Waals surface area contributed by atoms with Crippen molar-refractivity contribution in [3.8, 4) is 0 Å². The zero-order valence-corrected chi connectivity index (χ0v) is 20.9. The first-order valence-corrected chi connectivity index (χ1v) is 12.5. The normalized spacial score (nSPS) is 17.9. The Hall–Kier alpha value is -2.66. The van der Waals surface area contributed by atoms with Crippen LogP contribution in [0.25, 0.3) is 21.8 Å². The van der Waals surface area contributed by atoms with Crippen molar-refractivity contribution in [1.29, 1.82) is 0 Å². The molecule has 1 fully saturated rings. The molecule has 2 unspecified atom stereocenters. The maximum absolute atomic E-state index is 11.0. The van der Waals surface area contributed by atoms with E-state index < -0.39 is 6.10 Å². The number of aromatic nitrogens is 1. The fourth-order valence-electron chi connectivity index (χ4n) is 5.48. The predicted octanol–water partition coefficient (Wildman–Crippen LogP) is 5.79. The molecule has 0 spiro atoms. The Bertz CT molecular complexity index is 1200. The van der Waals surface area contributed by atoms with Gasteiger partial charge >= 0.3 is 0 Å². The van der Waals surface area contributed by atoms with Crippen LogP contribution in [-0.2, 0) is 12.0 Å². The molecule has 1 N–H and O–H groups in total. The van der Waals surface area contributed by atoms with E-state index in [0.29, 0.717) is 0 Å². The van der Waals surface area contributed by atoms with Gasteiger partial charge in [0, 0.05) is 43.5 Å². The first kappa shape index (κ1) is 23.1. The molecule has 0 aliphatic carbocycles. The van der Waals surface area contributed by atoms with Gasteiger partial charge in [0.25, 0.3) is 0 Å². The SMILES string of the molecule is CC(O)C(N1CCN(Cc2ccc(C(C)(C)C)cc2)CC1)n1c2ccccc2c2ccccc21. The van der Waals surface area contributed by atoms with E-state index in [0.717, 1.165) is 32.7 Å². The second-order valence-corrected chi connectivity index (χ2v) is 10.8. The number of fused-ring (bicyclic) bond motifs is 3. The van der Waals surface area contributed by atoms with Gasteiger partial charge in [0.15, 0.2) is 0 Å². The van der Waals surface area contributed by atoms with Crippen LogP contribution in [0, 0.1) is 0 Å². The summed E-state index contributed by atoms with van der Waals surface area (Å²) in [5.41, 5.74) is 5.32.